The number of nitrogens with one attached hydrogen (secondary N) is 1. The predicted molar refractivity (Wildman–Crippen MR) is 91.8 cm³/mol. The van der Waals surface area contributed by atoms with Gasteiger partial charge in [-0.3, -0.25) is 0 Å². The topological polar surface area (TPSA) is 86.5 Å². The van der Waals surface area contributed by atoms with E-state index in [1.807, 2.05) is 24.3 Å². The van der Waals surface area contributed by atoms with Crippen LogP contribution in [0.2, 0.25) is 0 Å². The van der Waals surface area contributed by atoms with Crippen LogP contribution in [0.1, 0.15) is 31.9 Å². The van der Waals surface area contributed by atoms with Crippen LogP contribution < -0.4 is 14.8 Å². The number of fused-ring (bicyclic) bond motifs is 2. The van der Waals surface area contributed by atoms with Crippen LogP contribution in [-0.4, -0.2) is 38.5 Å². The lowest BCUT2D eigenvalue weighted by molar-refractivity contribution is 0.297. The summed E-state index contributed by atoms with van der Waals surface area (Å²) in [5, 5.41) is 19.2. The lowest BCUT2D eigenvalue weighted by Gasteiger charge is -2.24. The molecular weight excluding hydrogens is 320 g/mol. The van der Waals surface area contributed by atoms with Gasteiger partial charge in [-0.25, -0.2) is 0 Å². The van der Waals surface area contributed by atoms with Crippen LogP contribution in [0.15, 0.2) is 30.3 Å². The molecule has 1 N–H and O–H groups in total. The zero-order chi connectivity index (χ0) is 17.2. The maximum absolute atomic E-state index is 5.82. The van der Waals surface area contributed by atoms with Gasteiger partial charge in [0.1, 0.15) is 5.82 Å². The van der Waals surface area contributed by atoms with E-state index in [2.05, 4.69) is 45.9 Å². The SMILES string of the molecule is CC(C)[C@H](Nc1ccc2nnnn2n1)c1ccc2c(c1)OCCCO2. The minimum atomic E-state index is 0.0681. The van der Waals surface area contributed by atoms with Crippen LogP contribution in [-0.2, 0) is 0 Å². The summed E-state index contributed by atoms with van der Waals surface area (Å²) in [5.74, 6) is 2.66. The number of benzene rings is 1. The summed E-state index contributed by atoms with van der Waals surface area (Å²) < 4.78 is 12.9. The zero-order valence-electron chi connectivity index (χ0n) is 14.2. The summed E-state index contributed by atoms with van der Waals surface area (Å²) in [5.41, 5.74) is 1.74. The molecule has 0 saturated carbocycles. The molecule has 3 aromatic rings. The smallest absolute Gasteiger partial charge is 0.200 e. The second kappa shape index (κ2) is 6.54. The van der Waals surface area contributed by atoms with Crippen LogP contribution >= 0.6 is 0 Å². The second-order valence-electron chi connectivity index (χ2n) is 6.37. The van der Waals surface area contributed by atoms with E-state index < -0.39 is 0 Å². The molecule has 0 bridgehead atoms. The molecule has 0 aliphatic carbocycles. The van der Waals surface area contributed by atoms with E-state index in [-0.39, 0.29) is 6.04 Å². The number of rotatable bonds is 4. The Hall–Kier alpha value is -2.90. The highest BCUT2D eigenvalue weighted by atomic mass is 16.5. The number of tetrazole rings is 1. The van der Waals surface area contributed by atoms with E-state index in [1.54, 1.807) is 0 Å². The molecule has 8 heteroatoms. The molecule has 1 atom stereocenters. The van der Waals surface area contributed by atoms with Crippen molar-refractivity contribution in [3.05, 3.63) is 35.9 Å². The molecule has 0 spiro atoms. The number of hydrogen-bond donors (Lipinski definition) is 1. The minimum absolute atomic E-state index is 0.0681. The number of nitrogens with zero attached hydrogens (tertiary/aromatic N) is 5. The van der Waals surface area contributed by atoms with E-state index in [0.29, 0.717) is 30.6 Å². The van der Waals surface area contributed by atoms with E-state index in [0.717, 1.165) is 23.5 Å². The van der Waals surface area contributed by atoms with Crippen LogP contribution in [0.25, 0.3) is 5.65 Å². The van der Waals surface area contributed by atoms with Crippen LogP contribution in [0.5, 0.6) is 11.5 Å². The largest absolute Gasteiger partial charge is 0.490 e. The molecule has 25 heavy (non-hydrogen) atoms. The van der Waals surface area contributed by atoms with Crippen molar-refractivity contribution in [3.63, 3.8) is 0 Å². The Kier molecular flexibility index (Phi) is 4.09. The fraction of sp³-hybridized carbons (Fsp3) is 0.412. The summed E-state index contributed by atoms with van der Waals surface area (Å²) in [6.07, 6.45) is 0.895. The van der Waals surface area contributed by atoms with E-state index in [1.165, 1.54) is 4.63 Å². The van der Waals surface area contributed by atoms with Gasteiger partial charge in [0.2, 0.25) is 0 Å². The Balaban J connectivity index is 1.63. The number of anilines is 1. The first kappa shape index (κ1) is 15.6. The van der Waals surface area contributed by atoms with Gasteiger partial charge in [-0.05, 0) is 46.2 Å². The van der Waals surface area contributed by atoms with Crippen LogP contribution in [0.3, 0.4) is 0 Å². The molecule has 8 nitrogen and oxygen atoms in total. The normalized spacial score (nSPS) is 15.2. The third kappa shape index (κ3) is 3.19. The fourth-order valence-corrected chi connectivity index (χ4v) is 2.89. The van der Waals surface area contributed by atoms with Gasteiger partial charge in [-0.1, -0.05) is 19.9 Å². The van der Waals surface area contributed by atoms with Crippen molar-refractivity contribution < 1.29 is 9.47 Å². The van der Waals surface area contributed by atoms with Crippen LogP contribution in [0.4, 0.5) is 5.82 Å². The summed E-state index contributed by atoms with van der Waals surface area (Å²) in [6, 6.07) is 9.88. The number of ether oxygens (including phenoxy) is 2. The Labute approximate surface area is 145 Å². The highest BCUT2D eigenvalue weighted by Crippen LogP contribution is 2.35. The molecule has 0 amide bonds. The summed E-state index contributed by atoms with van der Waals surface area (Å²) in [7, 11) is 0. The first-order valence-electron chi connectivity index (χ1n) is 8.42. The van der Waals surface area contributed by atoms with Crippen molar-refractivity contribution >= 4 is 11.5 Å². The van der Waals surface area contributed by atoms with Crippen LogP contribution in [0, 0.1) is 5.92 Å². The summed E-state index contributed by atoms with van der Waals surface area (Å²) >= 11 is 0. The average Bonchev–Trinajstić information content (AvgIpc) is 2.95. The standard InChI is InChI=1S/C17H20N6O2/c1-11(2)17(18-15-6-7-16-19-21-22-23(16)20-15)12-4-5-13-14(10-12)25-9-3-8-24-13/h4-7,10-11,17H,3,8-9H2,1-2H3,(H,18,20)/t17-/m0/s1. The van der Waals surface area contributed by atoms with E-state index in [4.69, 9.17) is 9.47 Å². The first-order valence-corrected chi connectivity index (χ1v) is 8.42. The van der Waals surface area contributed by atoms with Gasteiger partial charge in [-0.2, -0.15) is 0 Å². The van der Waals surface area contributed by atoms with Gasteiger partial charge >= 0.3 is 0 Å². The third-order valence-electron chi connectivity index (χ3n) is 4.17. The monoisotopic (exact) mass is 340 g/mol. The van der Waals surface area contributed by atoms with Gasteiger partial charge in [0.15, 0.2) is 17.1 Å². The van der Waals surface area contributed by atoms with E-state index in [9.17, 15) is 0 Å². The molecule has 0 saturated heterocycles. The lowest BCUT2D eigenvalue weighted by atomic mass is 9.95. The second-order valence-corrected chi connectivity index (χ2v) is 6.37. The molecule has 1 aliphatic rings. The maximum Gasteiger partial charge on any atom is 0.200 e. The molecule has 0 unspecified atom stereocenters. The zero-order valence-corrected chi connectivity index (χ0v) is 14.2. The molecule has 0 fully saturated rings. The van der Waals surface area contributed by atoms with Crippen molar-refractivity contribution in [1.29, 1.82) is 0 Å². The number of hydrogen-bond acceptors (Lipinski definition) is 7. The Morgan fingerprint density at radius 3 is 2.76 bits per heavy atom. The first-order chi connectivity index (χ1) is 12.2. The Morgan fingerprint density at radius 2 is 1.92 bits per heavy atom. The Morgan fingerprint density at radius 1 is 1.08 bits per heavy atom. The quantitative estimate of drug-likeness (QED) is 0.781. The maximum atomic E-state index is 5.82. The fourth-order valence-electron chi connectivity index (χ4n) is 2.89. The average molecular weight is 340 g/mol. The molecule has 4 rings (SSSR count). The molecule has 1 aliphatic heterocycles. The van der Waals surface area contributed by atoms with Gasteiger partial charge in [-0.15, -0.1) is 14.8 Å². The predicted octanol–water partition coefficient (Wildman–Crippen LogP) is 2.49. The molecule has 1 aromatic carbocycles. The molecule has 0 radical (unpaired) electrons. The van der Waals surface area contributed by atoms with Gasteiger partial charge in [0.05, 0.1) is 19.3 Å². The molecule has 3 heterocycles. The van der Waals surface area contributed by atoms with Crippen molar-refractivity contribution in [2.24, 2.45) is 5.92 Å². The highest BCUT2D eigenvalue weighted by molar-refractivity contribution is 5.48. The van der Waals surface area contributed by atoms with E-state index >= 15 is 0 Å². The molecule has 2 aromatic heterocycles. The summed E-state index contributed by atoms with van der Waals surface area (Å²) in [4.78, 5) is 0. The van der Waals surface area contributed by atoms with Crippen molar-refractivity contribution in [2.75, 3.05) is 18.5 Å². The number of aromatic nitrogens is 5. The lowest BCUT2D eigenvalue weighted by Crippen LogP contribution is -2.18. The summed E-state index contributed by atoms with van der Waals surface area (Å²) in [6.45, 7) is 5.69. The third-order valence-corrected chi connectivity index (χ3v) is 4.17. The molecule has 130 valence electrons. The van der Waals surface area contributed by atoms with Crippen molar-refractivity contribution in [3.8, 4) is 11.5 Å². The van der Waals surface area contributed by atoms with Gasteiger partial charge < -0.3 is 14.8 Å². The Bertz CT molecular complexity index is 878. The highest BCUT2D eigenvalue weighted by Gasteiger charge is 2.20. The minimum Gasteiger partial charge on any atom is -0.490 e. The van der Waals surface area contributed by atoms with Gasteiger partial charge in [0, 0.05) is 6.42 Å². The molecular formula is C17H20N6O2. The van der Waals surface area contributed by atoms with Crippen molar-refractivity contribution in [2.45, 2.75) is 26.3 Å². The van der Waals surface area contributed by atoms with Gasteiger partial charge in [0.25, 0.3) is 0 Å². The van der Waals surface area contributed by atoms with Crippen molar-refractivity contribution in [1.82, 2.24) is 25.3 Å².